The molecule has 2 saturated heterocycles. The van der Waals surface area contributed by atoms with E-state index in [0.717, 1.165) is 30.4 Å². The van der Waals surface area contributed by atoms with Gasteiger partial charge in [-0.2, -0.15) is 0 Å². The molecule has 0 aromatic rings. The first-order valence-corrected chi connectivity index (χ1v) is 7.04. The Bertz CT molecular complexity index is 539. The number of rotatable bonds is 0. The molecule has 0 aromatic carbocycles. The Balaban J connectivity index is 1.69. The van der Waals surface area contributed by atoms with Gasteiger partial charge >= 0.3 is 5.97 Å². The Hall–Kier alpha value is -1.57. The third-order valence-corrected chi connectivity index (χ3v) is 3.94. The number of carbonyl (C=O) groups excluding carboxylic acids is 1. The summed E-state index contributed by atoms with van der Waals surface area (Å²) < 4.78 is 16.3. The van der Waals surface area contributed by atoms with E-state index in [1.165, 1.54) is 0 Å². The van der Waals surface area contributed by atoms with E-state index in [2.05, 4.69) is 17.9 Å². The molecule has 0 radical (unpaired) electrons. The van der Waals surface area contributed by atoms with Gasteiger partial charge in [-0.1, -0.05) is 17.9 Å². The lowest BCUT2D eigenvalue weighted by atomic mass is 9.94. The Morgan fingerprint density at radius 2 is 2.05 bits per heavy atom. The van der Waals surface area contributed by atoms with Gasteiger partial charge in [0.1, 0.15) is 0 Å². The highest BCUT2D eigenvalue weighted by Gasteiger charge is 2.37. The molecule has 4 heteroatoms. The van der Waals surface area contributed by atoms with E-state index in [1.807, 2.05) is 6.92 Å². The molecule has 106 valence electrons. The fraction of sp³-hybridized carbons (Fsp3) is 0.562. The van der Waals surface area contributed by atoms with Crippen molar-refractivity contribution in [2.24, 2.45) is 0 Å². The molecule has 4 nitrogen and oxygen atoms in total. The summed E-state index contributed by atoms with van der Waals surface area (Å²) in [6, 6.07) is 0. The Labute approximate surface area is 118 Å². The maximum absolute atomic E-state index is 11.4. The molecule has 0 aromatic heterocycles. The van der Waals surface area contributed by atoms with Crippen LogP contribution in [0.1, 0.15) is 32.6 Å². The van der Waals surface area contributed by atoms with Crippen LogP contribution in [0, 0.1) is 11.8 Å². The van der Waals surface area contributed by atoms with Crippen molar-refractivity contribution >= 4 is 5.97 Å². The van der Waals surface area contributed by atoms with Crippen molar-refractivity contribution in [3.8, 4) is 11.8 Å². The summed E-state index contributed by atoms with van der Waals surface area (Å²) in [6.45, 7) is 3.72. The monoisotopic (exact) mass is 274 g/mol. The number of hydrogen-bond acceptors (Lipinski definition) is 4. The number of hydrogen-bond donors (Lipinski definition) is 0. The Morgan fingerprint density at radius 1 is 1.25 bits per heavy atom. The third kappa shape index (κ3) is 2.65. The summed E-state index contributed by atoms with van der Waals surface area (Å²) in [5, 5.41) is 0. The molecule has 0 unspecified atom stereocenters. The van der Waals surface area contributed by atoms with Crippen molar-refractivity contribution in [2.45, 2.75) is 38.4 Å². The minimum absolute atomic E-state index is 0.221. The van der Waals surface area contributed by atoms with Crippen molar-refractivity contribution in [1.29, 1.82) is 0 Å². The van der Waals surface area contributed by atoms with Crippen LogP contribution in [0.4, 0.5) is 0 Å². The van der Waals surface area contributed by atoms with E-state index < -0.39 is 5.79 Å². The van der Waals surface area contributed by atoms with Crippen molar-refractivity contribution in [3.05, 3.63) is 22.8 Å². The second kappa shape index (κ2) is 5.43. The van der Waals surface area contributed by atoms with Gasteiger partial charge in [-0.25, -0.2) is 4.79 Å². The normalized spacial score (nSPS) is 26.9. The number of cyclic esters (lactones) is 1. The predicted octanol–water partition coefficient (Wildman–Crippen LogP) is 2.11. The minimum Gasteiger partial charge on any atom is -0.462 e. The number of carbonyl (C=O) groups is 1. The fourth-order valence-corrected chi connectivity index (χ4v) is 2.71. The summed E-state index contributed by atoms with van der Waals surface area (Å²) >= 11 is 0. The van der Waals surface area contributed by atoms with E-state index in [1.54, 1.807) is 0 Å². The Kier molecular flexibility index (Phi) is 3.64. The quantitative estimate of drug-likeness (QED) is 0.385. The van der Waals surface area contributed by atoms with Crippen LogP contribution >= 0.6 is 0 Å². The second-order valence-electron chi connectivity index (χ2n) is 5.28. The molecule has 20 heavy (non-hydrogen) atoms. The second-order valence-corrected chi connectivity index (χ2v) is 5.28. The van der Waals surface area contributed by atoms with Gasteiger partial charge in [-0.05, 0) is 18.9 Å². The van der Waals surface area contributed by atoms with Crippen molar-refractivity contribution in [3.63, 3.8) is 0 Å². The van der Waals surface area contributed by atoms with Gasteiger partial charge in [0.05, 0.1) is 25.4 Å². The fourth-order valence-electron chi connectivity index (χ4n) is 2.71. The predicted molar refractivity (Wildman–Crippen MR) is 72.6 cm³/mol. The van der Waals surface area contributed by atoms with Gasteiger partial charge in [-0.15, -0.1) is 0 Å². The lowest BCUT2D eigenvalue weighted by Gasteiger charge is -2.29. The molecule has 0 atom stereocenters. The van der Waals surface area contributed by atoms with Crippen LogP contribution in [0.5, 0.6) is 0 Å². The first-order chi connectivity index (χ1) is 9.69. The van der Waals surface area contributed by atoms with Crippen LogP contribution in [-0.2, 0) is 19.0 Å². The number of esters is 1. The lowest BCUT2D eigenvalue weighted by Crippen LogP contribution is -2.31. The standard InChI is InChI=1S/C16H18O4/c1-12(14-6-9-18-15(14)17)2-3-13-4-7-16(8-5-13)19-10-11-20-16/h4H,5-11H2,1H3/b14-12-. The molecule has 0 N–H and O–H groups in total. The van der Waals surface area contributed by atoms with Gasteiger partial charge in [0.2, 0.25) is 0 Å². The van der Waals surface area contributed by atoms with Gasteiger partial charge in [0.25, 0.3) is 0 Å². The highest BCUT2D eigenvalue weighted by Crippen LogP contribution is 2.34. The van der Waals surface area contributed by atoms with Crippen LogP contribution < -0.4 is 0 Å². The maximum Gasteiger partial charge on any atom is 0.335 e. The van der Waals surface area contributed by atoms with Crippen LogP contribution in [0.15, 0.2) is 22.8 Å². The molecular weight excluding hydrogens is 256 g/mol. The molecule has 1 spiro atoms. The molecule has 1 aliphatic carbocycles. The molecule has 2 aliphatic heterocycles. The molecule has 0 amide bonds. The van der Waals surface area contributed by atoms with E-state index in [-0.39, 0.29) is 5.97 Å². The summed E-state index contributed by atoms with van der Waals surface area (Å²) in [6.07, 6.45) is 5.23. The summed E-state index contributed by atoms with van der Waals surface area (Å²) in [4.78, 5) is 11.4. The SMILES string of the molecule is C/C(C#CC1=CCC2(CC1)OCCO2)=C1\CCOC1=O. The first kappa shape index (κ1) is 13.4. The van der Waals surface area contributed by atoms with Gasteiger partial charge in [0, 0.05) is 24.8 Å². The average Bonchev–Trinajstić information content (AvgIpc) is 3.08. The number of ether oxygens (including phenoxy) is 3. The lowest BCUT2D eigenvalue weighted by molar-refractivity contribution is -0.161. The third-order valence-electron chi connectivity index (χ3n) is 3.94. The molecule has 3 aliphatic rings. The molecule has 3 rings (SSSR count). The molecule has 0 bridgehead atoms. The van der Waals surface area contributed by atoms with E-state index in [4.69, 9.17) is 14.2 Å². The van der Waals surface area contributed by atoms with Crippen molar-refractivity contribution in [1.82, 2.24) is 0 Å². The van der Waals surface area contributed by atoms with Crippen molar-refractivity contribution in [2.75, 3.05) is 19.8 Å². The van der Waals surface area contributed by atoms with E-state index >= 15 is 0 Å². The van der Waals surface area contributed by atoms with E-state index in [0.29, 0.717) is 31.8 Å². The molecule has 0 saturated carbocycles. The highest BCUT2D eigenvalue weighted by molar-refractivity contribution is 5.92. The zero-order valence-electron chi connectivity index (χ0n) is 11.7. The average molecular weight is 274 g/mol. The summed E-state index contributed by atoms with van der Waals surface area (Å²) in [5.74, 6) is 5.63. The van der Waals surface area contributed by atoms with Crippen LogP contribution in [0.25, 0.3) is 0 Å². The smallest absolute Gasteiger partial charge is 0.335 e. The van der Waals surface area contributed by atoms with Crippen LogP contribution in [0.3, 0.4) is 0 Å². The van der Waals surface area contributed by atoms with Crippen LogP contribution in [-0.4, -0.2) is 31.6 Å². The zero-order chi connectivity index (χ0) is 14.0. The van der Waals surface area contributed by atoms with Gasteiger partial charge in [-0.3, -0.25) is 0 Å². The zero-order valence-corrected chi connectivity index (χ0v) is 11.7. The Morgan fingerprint density at radius 3 is 2.65 bits per heavy atom. The molecule has 2 heterocycles. The van der Waals surface area contributed by atoms with Gasteiger partial charge < -0.3 is 14.2 Å². The maximum atomic E-state index is 11.4. The topological polar surface area (TPSA) is 44.8 Å². The molecule has 2 fully saturated rings. The first-order valence-electron chi connectivity index (χ1n) is 7.04. The van der Waals surface area contributed by atoms with Gasteiger partial charge in [0.15, 0.2) is 5.79 Å². The minimum atomic E-state index is -0.395. The van der Waals surface area contributed by atoms with Crippen LogP contribution in [0.2, 0.25) is 0 Å². The largest absolute Gasteiger partial charge is 0.462 e. The van der Waals surface area contributed by atoms with E-state index in [9.17, 15) is 4.79 Å². The summed E-state index contributed by atoms with van der Waals surface area (Å²) in [7, 11) is 0. The number of allylic oxidation sites excluding steroid dienone is 2. The molecular formula is C16H18O4. The highest BCUT2D eigenvalue weighted by atomic mass is 16.7. The summed E-state index contributed by atoms with van der Waals surface area (Å²) in [5.41, 5.74) is 2.64. The van der Waals surface area contributed by atoms with Crippen molar-refractivity contribution < 1.29 is 19.0 Å².